The maximum atomic E-state index is 5.44. The molecule has 1 saturated heterocycles. The normalized spacial score (nSPS) is 17.5. The van der Waals surface area contributed by atoms with Crippen LogP contribution in [-0.4, -0.2) is 44.8 Å². The Morgan fingerprint density at radius 3 is 2.29 bits per heavy atom. The van der Waals surface area contributed by atoms with Crippen LogP contribution in [0.1, 0.15) is 31.7 Å². The molecule has 1 N–H and O–H groups in total. The number of piperidine rings is 1. The van der Waals surface area contributed by atoms with Gasteiger partial charge >= 0.3 is 0 Å². The molecule has 1 aliphatic rings. The largest absolute Gasteiger partial charge is 0.496 e. The third-order valence-corrected chi connectivity index (χ3v) is 4.14. The summed E-state index contributed by atoms with van der Waals surface area (Å²) in [5.74, 6) is 1.76. The summed E-state index contributed by atoms with van der Waals surface area (Å²) in [6, 6.07) is 6.37. The lowest BCUT2D eigenvalue weighted by Gasteiger charge is -2.29. The molecule has 1 aliphatic heterocycles. The van der Waals surface area contributed by atoms with Crippen LogP contribution in [0.3, 0.4) is 0 Å². The van der Waals surface area contributed by atoms with Gasteiger partial charge in [0.1, 0.15) is 11.5 Å². The van der Waals surface area contributed by atoms with E-state index in [1.54, 1.807) is 14.2 Å². The third kappa shape index (κ3) is 4.61. The lowest BCUT2D eigenvalue weighted by atomic mass is 10.1. The van der Waals surface area contributed by atoms with Gasteiger partial charge in [-0.25, -0.2) is 0 Å². The number of ether oxygens (including phenoxy) is 2. The number of methoxy groups -OCH3 is 2. The van der Waals surface area contributed by atoms with Gasteiger partial charge in [-0.15, -0.1) is 0 Å². The lowest BCUT2D eigenvalue weighted by Crippen LogP contribution is -2.41. The van der Waals surface area contributed by atoms with Crippen molar-refractivity contribution in [2.45, 2.75) is 38.8 Å². The zero-order chi connectivity index (χ0) is 15.1. The van der Waals surface area contributed by atoms with Crippen molar-refractivity contribution in [1.29, 1.82) is 0 Å². The van der Waals surface area contributed by atoms with Crippen molar-refractivity contribution >= 4 is 0 Å². The molecule has 0 saturated carbocycles. The van der Waals surface area contributed by atoms with Crippen LogP contribution in [-0.2, 0) is 6.54 Å². The van der Waals surface area contributed by atoms with Gasteiger partial charge in [-0.05, 0) is 45.0 Å². The second-order valence-electron chi connectivity index (χ2n) is 5.78. The lowest BCUT2D eigenvalue weighted by molar-refractivity contribution is 0.208. The number of hydrogen-bond acceptors (Lipinski definition) is 4. The molecular weight excluding hydrogens is 264 g/mol. The molecule has 0 radical (unpaired) electrons. The summed E-state index contributed by atoms with van der Waals surface area (Å²) < 4.78 is 10.9. The first-order valence-electron chi connectivity index (χ1n) is 7.90. The van der Waals surface area contributed by atoms with Crippen LogP contribution in [0, 0.1) is 0 Å². The Morgan fingerprint density at radius 2 is 1.71 bits per heavy atom. The second-order valence-corrected chi connectivity index (χ2v) is 5.78. The van der Waals surface area contributed by atoms with Crippen LogP contribution in [0.5, 0.6) is 11.5 Å². The van der Waals surface area contributed by atoms with Gasteiger partial charge in [0.2, 0.25) is 0 Å². The molecule has 0 aromatic heterocycles. The maximum Gasteiger partial charge on any atom is 0.127 e. The summed E-state index contributed by atoms with van der Waals surface area (Å²) in [6.45, 7) is 6.60. The number of rotatable bonds is 7. The Morgan fingerprint density at radius 1 is 1.10 bits per heavy atom. The van der Waals surface area contributed by atoms with Crippen molar-refractivity contribution in [1.82, 2.24) is 10.2 Å². The highest BCUT2D eigenvalue weighted by Gasteiger charge is 2.15. The molecule has 118 valence electrons. The summed E-state index contributed by atoms with van der Waals surface area (Å²) in [7, 11) is 3.41. The first-order valence-corrected chi connectivity index (χ1v) is 7.90. The molecule has 21 heavy (non-hydrogen) atoms. The first kappa shape index (κ1) is 16.1. The maximum absolute atomic E-state index is 5.44. The van der Waals surface area contributed by atoms with Gasteiger partial charge in [-0.3, -0.25) is 0 Å². The van der Waals surface area contributed by atoms with Crippen molar-refractivity contribution in [2.75, 3.05) is 33.9 Å². The molecule has 1 aromatic rings. The van der Waals surface area contributed by atoms with E-state index in [2.05, 4.69) is 17.1 Å². The van der Waals surface area contributed by atoms with Crippen LogP contribution in [0.15, 0.2) is 18.2 Å². The zero-order valence-corrected chi connectivity index (χ0v) is 13.5. The highest BCUT2D eigenvalue weighted by atomic mass is 16.5. The van der Waals surface area contributed by atoms with Crippen molar-refractivity contribution in [2.24, 2.45) is 0 Å². The molecule has 0 amide bonds. The van der Waals surface area contributed by atoms with Crippen molar-refractivity contribution in [3.05, 3.63) is 23.8 Å². The Kier molecular flexibility index (Phi) is 6.33. The second kappa shape index (κ2) is 8.25. The highest BCUT2D eigenvalue weighted by molar-refractivity contribution is 5.44. The third-order valence-electron chi connectivity index (χ3n) is 4.14. The number of nitrogens with one attached hydrogen (secondary N) is 1. The smallest absolute Gasteiger partial charge is 0.127 e. The minimum Gasteiger partial charge on any atom is -0.496 e. The standard InChI is InChI=1S/C17H28N2O2/c1-14(13-19-10-5-4-6-11-19)18-12-15-16(20-2)8-7-9-17(15)21-3/h7-9,14,18H,4-6,10-13H2,1-3H3. The SMILES string of the molecule is COc1cccc(OC)c1CNC(C)CN1CCCCC1. The minimum atomic E-state index is 0.456. The fraction of sp³-hybridized carbons (Fsp3) is 0.647. The van der Waals surface area contributed by atoms with Gasteiger partial charge in [0.05, 0.1) is 14.2 Å². The van der Waals surface area contributed by atoms with E-state index < -0.39 is 0 Å². The number of likely N-dealkylation sites (tertiary alicyclic amines) is 1. The predicted octanol–water partition coefficient (Wildman–Crippen LogP) is 2.67. The van der Waals surface area contributed by atoms with E-state index in [4.69, 9.17) is 9.47 Å². The molecule has 4 nitrogen and oxygen atoms in total. The molecule has 0 aliphatic carbocycles. The Labute approximate surface area is 128 Å². The average molecular weight is 292 g/mol. The van der Waals surface area contributed by atoms with E-state index in [1.165, 1.54) is 32.4 Å². The van der Waals surface area contributed by atoms with E-state index in [0.717, 1.165) is 30.2 Å². The molecule has 1 atom stereocenters. The topological polar surface area (TPSA) is 33.7 Å². The average Bonchev–Trinajstić information content (AvgIpc) is 2.53. The highest BCUT2D eigenvalue weighted by Crippen LogP contribution is 2.28. The van der Waals surface area contributed by atoms with Gasteiger partial charge < -0.3 is 19.7 Å². The van der Waals surface area contributed by atoms with Gasteiger partial charge in [0.15, 0.2) is 0 Å². The van der Waals surface area contributed by atoms with Crippen molar-refractivity contribution < 1.29 is 9.47 Å². The van der Waals surface area contributed by atoms with Crippen LogP contribution in [0.25, 0.3) is 0 Å². The van der Waals surface area contributed by atoms with Gasteiger partial charge in [0, 0.05) is 24.7 Å². The van der Waals surface area contributed by atoms with E-state index >= 15 is 0 Å². The molecule has 0 spiro atoms. The quantitative estimate of drug-likeness (QED) is 0.838. The number of benzene rings is 1. The van der Waals surface area contributed by atoms with E-state index in [1.807, 2.05) is 18.2 Å². The van der Waals surface area contributed by atoms with Crippen LogP contribution in [0.4, 0.5) is 0 Å². The van der Waals surface area contributed by atoms with E-state index in [0.29, 0.717) is 6.04 Å². The monoisotopic (exact) mass is 292 g/mol. The van der Waals surface area contributed by atoms with Gasteiger partial charge in [-0.1, -0.05) is 12.5 Å². The summed E-state index contributed by atoms with van der Waals surface area (Å²) in [5, 5.41) is 3.59. The van der Waals surface area contributed by atoms with Crippen LogP contribution in [0.2, 0.25) is 0 Å². The van der Waals surface area contributed by atoms with Gasteiger partial charge in [-0.2, -0.15) is 0 Å². The molecule has 0 bridgehead atoms. The molecule has 1 heterocycles. The van der Waals surface area contributed by atoms with Crippen molar-refractivity contribution in [3.63, 3.8) is 0 Å². The fourth-order valence-electron chi connectivity index (χ4n) is 2.97. The zero-order valence-electron chi connectivity index (χ0n) is 13.5. The van der Waals surface area contributed by atoms with Crippen LogP contribution >= 0.6 is 0 Å². The minimum absolute atomic E-state index is 0.456. The fourth-order valence-corrected chi connectivity index (χ4v) is 2.97. The first-order chi connectivity index (χ1) is 10.2. The number of hydrogen-bond donors (Lipinski definition) is 1. The van der Waals surface area contributed by atoms with E-state index in [9.17, 15) is 0 Å². The Balaban J connectivity index is 1.89. The molecule has 1 aromatic carbocycles. The summed E-state index contributed by atoms with van der Waals surface area (Å²) in [6.07, 6.45) is 4.07. The molecule has 4 heteroatoms. The Hall–Kier alpha value is -1.26. The molecule has 2 rings (SSSR count). The number of nitrogens with zero attached hydrogens (tertiary/aromatic N) is 1. The molecule has 1 fully saturated rings. The molecular formula is C17H28N2O2. The van der Waals surface area contributed by atoms with E-state index in [-0.39, 0.29) is 0 Å². The predicted molar refractivity (Wildman–Crippen MR) is 86.1 cm³/mol. The van der Waals surface area contributed by atoms with Crippen LogP contribution < -0.4 is 14.8 Å². The Bertz CT molecular complexity index is 409. The summed E-state index contributed by atoms with van der Waals surface area (Å²) in [5.41, 5.74) is 1.09. The van der Waals surface area contributed by atoms with Gasteiger partial charge in [0.25, 0.3) is 0 Å². The molecule has 1 unspecified atom stereocenters. The summed E-state index contributed by atoms with van der Waals surface area (Å²) in [4.78, 5) is 2.56. The van der Waals surface area contributed by atoms with Crippen molar-refractivity contribution in [3.8, 4) is 11.5 Å². The summed E-state index contributed by atoms with van der Waals surface area (Å²) >= 11 is 0.